The smallest absolute Gasteiger partial charge is 0.306 e. The van der Waals surface area contributed by atoms with Crippen molar-refractivity contribution in [2.75, 3.05) is 0 Å². The van der Waals surface area contributed by atoms with E-state index >= 15 is 0 Å². The fourth-order valence-corrected chi connectivity index (χ4v) is 1.86. The SMILES string of the molecule is CC(C)c1cccc(-c2[nH]c(=O)[nH]c(=O)c2C#N)c1. The normalized spacial score (nSPS) is 10.4. The topological polar surface area (TPSA) is 89.5 Å². The van der Waals surface area contributed by atoms with Crippen LogP contribution >= 0.6 is 0 Å². The molecule has 2 aromatic rings. The molecule has 0 aliphatic rings. The van der Waals surface area contributed by atoms with E-state index in [0.717, 1.165) is 5.56 Å². The first-order chi connectivity index (χ1) is 9.02. The van der Waals surface area contributed by atoms with E-state index in [-0.39, 0.29) is 11.3 Å². The predicted octanol–water partition coefficient (Wildman–Crippen LogP) is 1.73. The number of hydrogen-bond donors (Lipinski definition) is 2. The molecule has 0 spiro atoms. The zero-order valence-corrected chi connectivity index (χ0v) is 10.7. The Labute approximate surface area is 109 Å². The van der Waals surface area contributed by atoms with Crippen LogP contribution in [-0.4, -0.2) is 9.97 Å². The second-order valence-electron chi connectivity index (χ2n) is 4.55. The second-order valence-corrected chi connectivity index (χ2v) is 4.55. The van der Waals surface area contributed by atoms with E-state index in [0.29, 0.717) is 11.5 Å². The van der Waals surface area contributed by atoms with Crippen molar-refractivity contribution >= 4 is 0 Å². The average molecular weight is 255 g/mol. The number of nitrogens with zero attached hydrogens (tertiary/aromatic N) is 1. The molecule has 0 saturated carbocycles. The summed E-state index contributed by atoms with van der Waals surface area (Å²) in [7, 11) is 0. The Hall–Kier alpha value is -2.61. The van der Waals surface area contributed by atoms with E-state index in [1.807, 2.05) is 43.1 Å². The van der Waals surface area contributed by atoms with Crippen LogP contribution in [0.15, 0.2) is 33.9 Å². The molecule has 2 rings (SSSR count). The van der Waals surface area contributed by atoms with Gasteiger partial charge in [0, 0.05) is 0 Å². The fraction of sp³-hybridized carbons (Fsp3) is 0.214. The number of aromatic nitrogens is 2. The maximum Gasteiger partial charge on any atom is 0.326 e. The van der Waals surface area contributed by atoms with E-state index in [1.165, 1.54) is 0 Å². The molecular weight excluding hydrogens is 242 g/mol. The Morgan fingerprint density at radius 3 is 2.58 bits per heavy atom. The van der Waals surface area contributed by atoms with Gasteiger partial charge in [-0.1, -0.05) is 32.0 Å². The van der Waals surface area contributed by atoms with E-state index in [2.05, 4.69) is 4.98 Å². The van der Waals surface area contributed by atoms with Gasteiger partial charge in [0.25, 0.3) is 5.56 Å². The van der Waals surface area contributed by atoms with Gasteiger partial charge in [0.2, 0.25) is 0 Å². The van der Waals surface area contributed by atoms with Gasteiger partial charge in [-0.15, -0.1) is 0 Å². The quantitative estimate of drug-likeness (QED) is 0.856. The Bertz CT molecular complexity index is 763. The summed E-state index contributed by atoms with van der Waals surface area (Å²) in [6.07, 6.45) is 0. The van der Waals surface area contributed by atoms with Crippen LogP contribution in [0.3, 0.4) is 0 Å². The number of benzene rings is 1. The lowest BCUT2D eigenvalue weighted by atomic mass is 9.98. The van der Waals surface area contributed by atoms with Gasteiger partial charge in [0.05, 0.1) is 5.69 Å². The average Bonchev–Trinajstić information content (AvgIpc) is 2.38. The highest BCUT2D eigenvalue weighted by Crippen LogP contribution is 2.22. The third-order valence-electron chi connectivity index (χ3n) is 2.90. The number of nitrogens with one attached hydrogen (secondary N) is 2. The maximum absolute atomic E-state index is 11.6. The summed E-state index contributed by atoms with van der Waals surface area (Å²) in [5.74, 6) is 0.319. The van der Waals surface area contributed by atoms with Gasteiger partial charge in [-0.3, -0.25) is 9.78 Å². The molecule has 0 unspecified atom stereocenters. The lowest BCUT2D eigenvalue weighted by Crippen LogP contribution is -2.25. The van der Waals surface area contributed by atoms with Gasteiger partial charge >= 0.3 is 5.69 Å². The van der Waals surface area contributed by atoms with E-state index in [9.17, 15) is 9.59 Å². The number of H-pyrrole nitrogens is 2. The van der Waals surface area contributed by atoms with E-state index in [4.69, 9.17) is 5.26 Å². The van der Waals surface area contributed by atoms with Crippen molar-refractivity contribution in [1.29, 1.82) is 5.26 Å². The molecule has 1 aromatic carbocycles. The van der Waals surface area contributed by atoms with Crippen molar-refractivity contribution in [1.82, 2.24) is 9.97 Å². The largest absolute Gasteiger partial charge is 0.326 e. The predicted molar refractivity (Wildman–Crippen MR) is 71.9 cm³/mol. The summed E-state index contributed by atoms with van der Waals surface area (Å²) >= 11 is 0. The first kappa shape index (κ1) is 12.8. The summed E-state index contributed by atoms with van der Waals surface area (Å²) in [6, 6.07) is 9.26. The molecule has 0 amide bonds. The van der Waals surface area contributed by atoms with Crippen molar-refractivity contribution < 1.29 is 0 Å². The van der Waals surface area contributed by atoms with Gasteiger partial charge in [-0.05, 0) is 23.1 Å². The third kappa shape index (κ3) is 2.47. The Balaban J connectivity index is 2.72. The van der Waals surface area contributed by atoms with Crippen LogP contribution in [0.25, 0.3) is 11.3 Å². The Kier molecular flexibility index (Phi) is 3.34. The van der Waals surface area contributed by atoms with Gasteiger partial charge in [-0.25, -0.2) is 4.79 Å². The molecule has 0 bridgehead atoms. The molecule has 0 saturated heterocycles. The van der Waals surface area contributed by atoms with Crippen LogP contribution in [-0.2, 0) is 0 Å². The molecule has 2 N–H and O–H groups in total. The molecule has 5 nitrogen and oxygen atoms in total. The zero-order chi connectivity index (χ0) is 14.0. The molecular formula is C14H13N3O2. The molecule has 0 fully saturated rings. The van der Waals surface area contributed by atoms with Crippen molar-refractivity contribution in [3.8, 4) is 17.3 Å². The highest BCUT2D eigenvalue weighted by Gasteiger charge is 2.11. The minimum atomic E-state index is -0.670. The van der Waals surface area contributed by atoms with Crippen LogP contribution in [0.4, 0.5) is 0 Å². The molecule has 0 radical (unpaired) electrons. The molecule has 0 atom stereocenters. The van der Waals surface area contributed by atoms with Gasteiger partial charge in [-0.2, -0.15) is 5.26 Å². The van der Waals surface area contributed by atoms with E-state index in [1.54, 1.807) is 6.07 Å². The zero-order valence-electron chi connectivity index (χ0n) is 10.7. The van der Waals surface area contributed by atoms with Gasteiger partial charge in [0.15, 0.2) is 0 Å². The number of nitriles is 1. The van der Waals surface area contributed by atoms with Gasteiger partial charge < -0.3 is 4.98 Å². The van der Waals surface area contributed by atoms with Crippen molar-refractivity contribution in [2.24, 2.45) is 0 Å². The number of aromatic amines is 2. The van der Waals surface area contributed by atoms with Crippen LogP contribution in [0.1, 0.15) is 30.9 Å². The molecule has 1 aromatic heterocycles. The van der Waals surface area contributed by atoms with Crippen molar-refractivity contribution in [3.63, 3.8) is 0 Å². The van der Waals surface area contributed by atoms with Gasteiger partial charge in [0.1, 0.15) is 11.6 Å². The molecule has 0 aliphatic carbocycles. The molecule has 0 aliphatic heterocycles. The second kappa shape index (κ2) is 4.94. The first-order valence-electron chi connectivity index (χ1n) is 5.90. The summed E-state index contributed by atoms with van der Waals surface area (Å²) in [4.78, 5) is 27.5. The molecule has 19 heavy (non-hydrogen) atoms. The maximum atomic E-state index is 11.6. The van der Waals surface area contributed by atoms with Crippen LogP contribution in [0, 0.1) is 11.3 Å². The highest BCUT2D eigenvalue weighted by atomic mass is 16.2. The lowest BCUT2D eigenvalue weighted by Gasteiger charge is -2.08. The van der Waals surface area contributed by atoms with E-state index < -0.39 is 11.2 Å². The summed E-state index contributed by atoms with van der Waals surface area (Å²) in [5, 5.41) is 9.04. The Morgan fingerprint density at radius 1 is 1.21 bits per heavy atom. The third-order valence-corrected chi connectivity index (χ3v) is 2.90. The molecule has 1 heterocycles. The van der Waals surface area contributed by atoms with Crippen molar-refractivity contribution in [3.05, 3.63) is 56.2 Å². The molecule has 96 valence electrons. The van der Waals surface area contributed by atoms with Crippen molar-refractivity contribution in [2.45, 2.75) is 19.8 Å². The number of rotatable bonds is 2. The summed E-state index contributed by atoms with van der Waals surface area (Å²) in [6.45, 7) is 4.09. The first-order valence-corrected chi connectivity index (χ1v) is 5.90. The summed E-state index contributed by atoms with van der Waals surface area (Å²) < 4.78 is 0. The molecule has 5 heteroatoms. The number of hydrogen-bond acceptors (Lipinski definition) is 3. The van der Waals surface area contributed by atoms with Crippen LogP contribution in [0.2, 0.25) is 0 Å². The summed E-state index contributed by atoms with van der Waals surface area (Å²) in [5.41, 5.74) is 0.623. The lowest BCUT2D eigenvalue weighted by molar-refractivity contribution is 0.867. The highest BCUT2D eigenvalue weighted by molar-refractivity contribution is 5.66. The fourth-order valence-electron chi connectivity index (χ4n) is 1.86. The monoisotopic (exact) mass is 255 g/mol. The minimum absolute atomic E-state index is 0.0829. The Morgan fingerprint density at radius 2 is 1.95 bits per heavy atom. The van der Waals surface area contributed by atoms with Crippen LogP contribution in [0.5, 0.6) is 0 Å². The minimum Gasteiger partial charge on any atom is -0.306 e. The van der Waals surface area contributed by atoms with Crippen LogP contribution < -0.4 is 11.2 Å². The standard InChI is InChI=1S/C14H13N3O2/c1-8(2)9-4-3-5-10(6-9)12-11(7-15)13(18)17-14(19)16-12/h3-6,8H,1-2H3,(H2,16,17,18,19).